The van der Waals surface area contributed by atoms with Crippen molar-refractivity contribution in [2.45, 2.75) is 37.4 Å². The van der Waals surface area contributed by atoms with Gasteiger partial charge in [-0.1, -0.05) is 6.07 Å². The lowest BCUT2D eigenvalue weighted by Gasteiger charge is -2.20. The van der Waals surface area contributed by atoms with Crippen LogP contribution in [0.3, 0.4) is 0 Å². The SMILES string of the molecule is CC(C)(C)OC(=O)NCC(O)COc1cccc(S(N)(=O)=O)c1. The summed E-state index contributed by atoms with van der Waals surface area (Å²) in [6.07, 6.45) is -1.63. The summed E-state index contributed by atoms with van der Waals surface area (Å²) in [6, 6.07) is 5.59. The van der Waals surface area contributed by atoms with Crippen LogP contribution in [0.1, 0.15) is 20.8 Å². The number of alkyl carbamates (subject to hydrolysis) is 1. The lowest BCUT2D eigenvalue weighted by molar-refractivity contribution is 0.0463. The van der Waals surface area contributed by atoms with Crippen LogP contribution in [0.5, 0.6) is 5.75 Å². The van der Waals surface area contributed by atoms with Crippen LogP contribution < -0.4 is 15.2 Å². The largest absolute Gasteiger partial charge is 0.491 e. The first-order chi connectivity index (χ1) is 10.5. The highest BCUT2D eigenvalue weighted by atomic mass is 32.2. The monoisotopic (exact) mass is 346 g/mol. The van der Waals surface area contributed by atoms with Gasteiger partial charge >= 0.3 is 6.09 Å². The molecule has 8 nitrogen and oxygen atoms in total. The maximum atomic E-state index is 11.4. The third-order valence-corrected chi connectivity index (χ3v) is 3.37. The Morgan fingerprint density at radius 2 is 2.04 bits per heavy atom. The summed E-state index contributed by atoms with van der Waals surface area (Å²) in [6.45, 7) is 4.98. The molecule has 0 aromatic heterocycles. The molecule has 1 aromatic carbocycles. The average Bonchev–Trinajstić information content (AvgIpc) is 2.40. The summed E-state index contributed by atoms with van der Waals surface area (Å²) in [4.78, 5) is 11.3. The Kier molecular flexibility index (Phi) is 6.37. The van der Waals surface area contributed by atoms with Crippen molar-refractivity contribution in [1.29, 1.82) is 0 Å². The van der Waals surface area contributed by atoms with Gasteiger partial charge in [0.05, 0.1) is 11.4 Å². The zero-order valence-electron chi connectivity index (χ0n) is 13.3. The first-order valence-electron chi connectivity index (χ1n) is 6.88. The third-order valence-electron chi connectivity index (χ3n) is 2.46. The van der Waals surface area contributed by atoms with Crippen molar-refractivity contribution in [3.8, 4) is 5.75 Å². The Morgan fingerprint density at radius 1 is 1.39 bits per heavy atom. The minimum absolute atomic E-state index is 0.0657. The zero-order valence-corrected chi connectivity index (χ0v) is 14.1. The number of carbonyl (C=O) groups excluding carboxylic acids is 1. The molecule has 0 spiro atoms. The van der Waals surface area contributed by atoms with Crippen molar-refractivity contribution < 1.29 is 27.8 Å². The van der Waals surface area contributed by atoms with Crippen molar-refractivity contribution in [3.63, 3.8) is 0 Å². The summed E-state index contributed by atoms with van der Waals surface area (Å²) < 4.78 is 32.7. The highest BCUT2D eigenvalue weighted by Crippen LogP contribution is 2.16. The molecule has 23 heavy (non-hydrogen) atoms. The van der Waals surface area contributed by atoms with E-state index in [-0.39, 0.29) is 23.8 Å². The van der Waals surface area contributed by atoms with E-state index < -0.39 is 27.8 Å². The minimum atomic E-state index is -3.82. The van der Waals surface area contributed by atoms with Gasteiger partial charge in [0.25, 0.3) is 0 Å². The standard InChI is InChI=1S/C14H22N2O6S/c1-14(2,3)22-13(18)16-8-10(17)9-21-11-5-4-6-12(7-11)23(15,19)20/h4-7,10,17H,8-9H2,1-3H3,(H,16,18)(H2,15,19,20). The highest BCUT2D eigenvalue weighted by molar-refractivity contribution is 7.89. The van der Waals surface area contributed by atoms with Gasteiger partial charge in [-0.05, 0) is 32.9 Å². The molecule has 0 radical (unpaired) electrons. The van der Waals surface area contributed by atoms with Gasteiger partial charge in [0.1, 0.15) is 24.1 Å². The van der Waals surface area contributed by atoms with Gasteiger partial charge in [0, 0.05) is 6.07 Å². The van der Waals surface area contributed by atoms with Crippen molar-refractivity contribution in [2.75, 3.05) is 13.2 Å². The van der Waals surface area contributed by atoms with E-state index in [4.69, 9.17) is 14.6 Å². The summed E-state index contributed by atoms with van der Waals surface area (Å²) in [5.74, 6) is 0.243. The molecule has 0 heterocycles. The predicted octanol–water partition coefficient (Wildman–Crippen LogP) is 0.598. The van der Waals surface area contributed by atoms with Crippen molar-refractivity contribution in [3.05, 3.63) is 24.3 Å². The number of nitrogens with two attached hydrogens (primary N) is 1. The Labute approximate surface area is 135 Å². The Hall–Kier alpha value is -1.84. The van der Waals surface area contributed by atoms with E-state index in [1.165, 1.54) is 24.3 Å². The summed E-state index contributed by atoms with van der Waals surface area (Å²) >= 11 is 0. The van der Waals surface area contributed by atoms with Crippen molar-refractivity contribution in [2.24, 2.45) is 5.14 Å². The minimum Gasteiger partial charge on any atom is -0.491 e. The topological polar surface area (TPSA) is 128 Å². The number of benzene rings is 1. The van der Waals surface area contributed by atoms with Gasteiger partial charge in [0.15, 0.2) is 0 Å². The van der Waals surface area contributed by atoms with Crippen LogP contribution in [0.25, 0.3) is 0 Å². The van der Waals surface area contributed by atoms with Crippen LogP contribution in [0.15, 0.2) is 29.2 Å². The van der Waals surface area contributed by atoms with Gasteiger partial charge in [0.2, 0.25) is 10.0 Å². The maximum absolute atomic E-state index is 11.4. The quantitative estimate of drug-likeness (QED) is 0.692. The first kappa shape index (κ1) is 19.2. The normalized spacial score (nSPS) is 13.3. The number of carbonyl (C=O) groups is 1. The summed E-state index contributed by atoms with van der Waals surface area (Å²) in [5.41, 5.74) is -0.625. The van der Waals surface area contributed by atoms with Crippen LogP contribution in [0.2, 0.25) is 0 Å². The fraction of sp³-hybridized carbons (Fsp3) is 0.500. The molecule has 1 atom stereocenters. The fourth-order valence-electron chi connectivity index (χ4n) is 1.51. The van der Waals surface area contributed by atoms with E-state index in [9.17, 15) is 18.3 Å². The van der Waals surface area contributed by atoms with Crippen molar-refractivity contribution >= 4 is 16.1 Å². The number of aliphatic hydroxyl groups excluding tert-OH is 1. The molecule has 130 valence electrons. The average molecular weight is 346 g/mol. The Balaban J connectivity index is 2.45. The second kappa shape index (κ2) is 7.62. The molecular formula is C14H22N2O6S. The van der Waals surface area contributed by atoms with Crippen LogP contribution in [-0.4, -0.2) is 44.5 Å². The predicted molar refractivity (Wildman–Crippen MR) is 83.6 cm³/mol. The molecule has 0 aliphatic carbocycles. The summed E-state index contributed by atoms with van der Waals surface area (Å²) in [7, 11) is -3.82. The molecule has 1 amide bonds. The molecule has 0 saturated carbocycles. The van der Waals surface area contributed by atoms with Gasteiger partial charge < -0.3 is 19.9 Å². The molecule has 0 saturated heterocycles. The number of amides is 1. The molecule has 1 unspecified atom stereocenters. The van der Waals surface area contributed by atoms with E-state index in [0.717, 1.165) is 0 Å². The van der Waals surface area contributed by atoms with Crippen LogP contribution in [0.4, 0.5) is 4.79 Å². The van der Waals surface area contributed by atoms with E-state index >= 15 is 0 Å². The second-order valence-corrected chi connectivity index (χ2v) is 7.43. The molecular weight excluding hydrogens is 324 g/mol. The number of aliphatic hydroxyl groups is 1. The second-order valence-electron chi connectivity index (χ2n) is 5.87. The van der Waals surface area contributed by atoms with Crippen LogP contribution >= 0.6 is 0 Å². The van der Waals surface area contributed by atoms with Gasteiger partial charge in [-0.15, -0.1) is 0 Å². The van der Waals surface area contributed by atoms with Gasteiger partial charge in [-0.3, -0.25) is 0 Å². The number of hydrogen-bond acceptors (Lipinski definition) is 6. The smallest absolute Gasteiger partial charge is 0.407 e. The number of rotatable bonds is 6. The molecule has 1 rings (SSSR count). The number of nitrogens with one attached hydrogen (secondary N) is 1. The Morgan fingerprint density at radius 3 is 2.61 bits per heavy atom. The van der Waals surface area contributed by atoms with Crippen molar-refractivity contribution in [1.82, 2.24) is 5.32 Å². The molecule has 0 aliphatic heterocycles. The number of ether oxygens (including phenoxy) is 2. The van der Waals surface area contributed by atoms with E-state index in [0.29, 0.717) is 0 Å². The van der Waals surface area contributed by atoms with Crippen LogP contribution in [-0.2, 0) is 14.8 Å². The van der Waals surface area contributed by atoms with E-state index in [1.54, 1.807) is 20.8 Å². The van der Waals surface area contributed by atoms with E-state index in [1.807, 2.05) is 0 Å². The Bertz CT molecular complexity index is 639. The third kappa shape index (κ3) is 7.82. The molecule has 0 aliphatic rings. The maximum Gasteiger partial charge on any atom is 0.407 e. The lowest BCUT2D eigenvalue weighted by Crippen LogP contribution is -2.38. The first-order valence-corrected chi connectivity index (χ1v) is 8.42. The summed E-state index contributed by atoms with van der Waals surface area (Å²) in [5, 5.41) is 17.2. The molecule has 1 aromatic rings. The van der Waals surface area contributed by atoms with Crippen LogP contribution in [0, 0.1) is 0 Å². The van der Waals surface area contributed by atoms with Gasteiger partial charge in [-0.25, -0.2) is 18.4 Å². The number of hydrogen-bond donors (Lipinski definition) is 3. The van der Waals surface area contributed by atoms with Gasteiger partial charge in [-0.2, -0.15) is 0 Å². The van der Waals surface area contributed by atoms with E-state index in [2.05, 4.69) is 5.32 Å². The zero-order chi connectivity index (χ0) is 17.7. The molecule has 4 N–H and O–H groups in total. The fourth-order valence-corrected chi connectivity index (χ4v) is 2.06. The number of sulfonamides is 1. The lowest BCUT2D eigenvalue weighted by atomic mass is 10.2. The molecule has 9 heteroatoms. The molecule has 0 fully saturated rings. The highest BCUT2D eigenvalue weighted by Gasteiger charge is 2.17. The molecule has 0 bridgehead atoms. The number of primary sulfonamides is 1.